The molecule has 0 aliphatic carbocycles. The zero-order chi connectivity index (χ0) is 19.6. The van der Waals surface area contributed by atoms with Crippen molar-refractivity contribution >= 4 is 17.6 Å². The number of nitrogens with two attached hydrogens (primary N) is 1. The molecule has 0 aliphatic heterocycles. The van der Waals surface area contributed by atoms with Gasteiger partial charge in [0.25, 0.3) is 0 Å². The monoisotopic (exact) mass is 368 g/mol. The molecule has 0 radical (unpaired) electrons. The highest BCUT2D eigenvalue weighted by Crippen LogP contribution is 2.17. The molecule has 2 aromatic rings. The number of anilines is 1. The molecule has 0 heterocycles. The van der Waals surface area contributed by atoms with Crippen molar-refractivity contribution in [1.29, 1.82) is 0 Å². The smallest absolute Gasteiger partial charge is 0.325 e. The third kappa shape index (κ3) is 6.84. The van der Waals surface area contributed by atoms with Crippen molar-refractivity contribution in [2.45, 2.75) is 20.3 Å². The number of urea groups is 1. The molecule has 3 amide bonds. The fraction of sp³-hybridized carbons (Fsp3) is 0.333. The van der Waals surface area contributed by atoms with E-state index in [2.05, 4.69) is 22.8 Å². The predicted molar refractivity (Wildman–Crippen MR) is 109 cm³/mol. The number of hydrogen-bond acceptors (Lipinski definition) is 4. The Hall–Kier alpha value is -2.70. The van der Waals surface area contributed by atoms with Crippen LogP contribution in [-0.4, -0.2) is 43.0 Å². The number of imide groups is 1. The third-order valence-electron chi connectivity index (χ3n) is 4.48. The number of nitrogens with one attached hydrogen (secondary N) is 2. The van der Waals surface area contributed by atoms with Gasteiger partial charge in [0.05, 0.1) is 6.54 Å². The summed E-state index contributed by atoms with van der Waals surface area (Å²) in [6, 6.07) is 15.2. The second kappa shape index (κ2) is 10.4. The molecular formula is C21H28N4O2. The number of hydrogen-bond donors (Lipinski definition) is 3. The van der Waals surface area contributed by atoms with E-state index < -0.39 is 6.03 Å². The Labute approximate surface area is 160 Å². The van der Waals surface area contributed by atoms with Crippen molar-refractivity contribution in [3.63, 3.8) is 0 Å². The third-order valence-corrected chi connectivity index (χ3v) is 4.48. The van der Waals surface area contributed by atoms with E-state index in [1.807, 2.05) is 55.1 Å². The van der Waals surface area contributed by atoms with Crippen LogP contribution in [0.4, 0.5) is 10.5 Å². The Kier molecular flexibility index (Phi) is 7.98. The first-order chi connectivity index (χ1) is 13.0. The van der Waals surface area contributed by atoms with Gasteiger partial charge in [-0.1, -0.05) is 42.5 Å². The van der Waals surface area contributed by atoms with Crippen LogP contribution < -0.4 is 16.4 Å². The van der Waals surface area contributed by atoms with Gasteiger partial charge in [0.15, 0.2) is 0 Å². The summed E-state index contributed by atoms with van der Waals surface area (Å²) < 4.78 is 0. The molecule has 0 unspecified atom stereocenters. The number of carbonyl (C=O) groups is 2. The van der Waals surface area contributed by atoms with Crippen LogP contribution in [0.25, 0.3) is 0 Å². The summed E-state index contributed by atoms with van der Waals surface area (Å²) in [5, 5.41) is 5.12. The summed E-state index contributed by atoms with van der Waals surface area (Å²) >= 11 is 0. The molecule has 0 aromatic heterocycles. The highest BCUT2D eigenvalue weighted by Gasteiger charge is 2.14. The van der Waals surface area contributed by atoms with Crippen molar-refractivity contribution in [3.8, 4) is 0 Å². The number of amides is 3. The van der Waals surface area contributed by atoms with Gasteiger partial charge >= 0.3 is 6.03 Å². The first-order valence-corrected chi connectivity index (χ1v) is 9.13. The lowest BCUT2D eigenvalue weighted by atomic mass is 10.1. The molecule has 4 N–H and O–H groups in total. The Bertz CT molecular complexity index is 762. The highest BCUT2D eigenvalue weighted by atomic mass is 16.2. The van der Waals surface area contributed by atoms with Gasteiger partial charge < -0.3 is 11.1 Å². The van der Waals surface area contributed by atoms with Gasteiger partial charge in [-0.25, -0.2) is 4.79 Å². The van der Waals surface area contributed by atoms with Gasteiger partial charge in [-0.2, -0.15) is 0 Å². The van der Waals surface area contributed by atoms with E-state index in [0.29, 0.717) is 25.3 Å². The molecule has 0 saturated heterocycles. The summed E-state index contributed by atoms with van der Waals surface area (Å²) in [6.45, 7) is 5.79. The molecule has 0 fully saturated rings. The summed E-state index contributed by atoms with van der Waals surface area (Å²) in [5.74, 6) is -0.348. The summed E-state index contributed by atoms with van der Waals surface area (Å²) in [6.07, 6.45) is 0.822. The van der Waals surface area contributed by atoms with E-state index >= 15 is 0 Å². The van der Waals surface area contributed by atoms with Gasteiger partial charge in [0, 0.05) is 25.3 Å². The minimum atomic E-state index is -0.524. The van der Waals surface area contributed by atoms with Crippen LogP contribution in [0.2, 0.25) is 0 Å². The second-order valence-corrected chi connectivity index (χ2v) is 6.55. The van der Waals surface area contributed by atoms with E-state index in [4.69, 9.17) is 5.73 Å². The minimum absolute atomic E-state index is 0.129. The van der Waals surface area contributed by atoms with Crippen LogP contribution in [0.3, 0.4) is 0 Å². The van der Waals surface area contributed by atoms with Crippen molar-refractivity contribution < 1.29 is 9.59 Å². The maximum atomic E-state index is 12.2. The summed E-state index contributed by atoms with van der Waals surface area (Å²) in [5.41, 5.74) is 9.61. The van der Waals surface area contributed by atoms with Crippen LogP contribution in [0.15, 0.2) is 48.5 Å². The van der Waals surface area contributed by atoms with E-state index in [1.165, 1.54) is 5.56 Å². The molecule has 0 spiro atoms. The van der Waals surface area contributed by atoms with E-state index in [-0.39, 0.29) is 12.5 Å². The van der Waals surface area contributed by atoms with Gasteiger partial charge in [-0.05, 0) is 43.0 Å². The standard InChI is InChI=1S/C21H28N4O2/c1-16-7-6-10-19(17(16)2)23-21(27)24-20(26)15-25(14-12-22)13-11-18-8-4-3-5-9-18/h3-10H,11-15,22H2,1-2H3,(H2,23,24,26,27). The molecule has 2 aromatic carbocycles. The SMILES string of the molecule is Cc1cccc(NC(=O)NC(=O)CN(CCN)CCc2ccccc2)c1C. The topological polar surface area (TPSA) is 87.5 Å². The van der Waals surface area contributed by atoms with Gasteiger partial charge in [-0.15, -0.1) is 0 Å². The fourth-order valence-corrected chi connectivity index (χ4v) is 2.79. The lowest BCUT2D eigenvalue weighted by Gasteiger charge is -2.21. The zero-order valence-electron chi connectivity index (χ0n) is 16.0. The molecule has 0 saturated carbocycles. The number of aryl methyl sites for hydroxylation is 1. The van der Waals surface area contributed by atoms with Crippen LogP contribution in [-0.2, 0) is 11.2 Å². The Morgan fingerprint density at radius 1 is 1.00 bits per heavy atom. The lowest BCUT2D eigenvalue weighted by Crippen LogP contribution is -2.43. The largest absolute Gasteiger partial charge is 0.329 e. The Morgan fingerprint density at radius 3 is 2.44 bits per heavy atom. The predicted octanol–water partition coefficient (Wildman–Crippen LogP) is 2.45. The molecular weight excluding hydrogens is 340 g/mol. The summed E-state index contributed by atoms with van der Waals surface area (Å²) in [7, 11) is 0. The quantitative estimate of drug-likeness (QED) is 0.668. The maximum Gasteiger partial charge on any atom is 0.325 e. The molecule has 144 valence electrons. The van der Waals surface area contributed by atoms with Gasteiger partial charge in [-0.3, -0.25) is 15.0 Å². The average Bonchev–Trinajstić information content (AvgIpc) is 2.64. The zero-order valence-corrected chi connectivity index (χ0v) is 16.0. The minimum Gasteiger partial charge on any atom is -0.329 e. The molecule has 0 atom stereocenters. The number of carbonyl (C=O) groups excluding carboxylic acids is 2. The molecule has 6 nitrogen and oxygen atoms in total. The number of nitrogens with zero attached hydrogens (tertiary/aromatic N) is 1. The van der Waals surface area contributed by atoms with Crippen molar-refractivity contribution in [2.75, 3.05) is 31.5 Å². The van der Waals surface area contributed by atoms with Crippen LogP contribution in [0.1, 0.15) is 16.7 Å². The molecule has 27 heavy (non-hydrogen) atoms. The van der Waals surface area contributed by atoms with Crippen LogP contribution in [0.5, 0.6) is 0 Å². The van der Waals surface area contributed by atoms with Crippen LogP contribution in [0, 0.1) is 13.8 Å². The fourth-order valence-electron chi connectivity index (χ4n) is 2.79. The van der Waals surface area contributed by atoms with E-state index in [9.17, 15) is 9.59 Å². The molecule has 2 rings (SSSR count). The molecule has 0 bridgehead atoms. The average molecular weight is 368 g/mol. The van der Waals surface area contributed by atoms with E-state index in [0.717, 1.165) is 17.5 Å². The number of rotatable bonds is 8. The first-order valence-electron chi connectivity index (χ1n) is 9.13. The second-order valence-electron chi connectivity index (χ2n) is 6.55. The van der Waals surface area contributed by atoms with Gasteiger partial charge in [0.1, 0.15) is 0 Å². The summed E-state index contributed by atoms with van der Waals surface area (Å²) in [4.78, 5) is 26.3. The highest BCUT2D eigenvalue weighted by molar-refractivity contribution is 6.02. The number of benzene rings is 2. The first kappa shape index (κ1) is 20.6. The Morgan fingerprint density at radius 2 is 1.74 bits per heavy atom. The van der Waals surface area contributed by atoms with Crippen molar-refractivity contribution in [3.05, 3.63) is 65.2 Å². The van der Waals surface area contributed by atoms with Crippen molar-refractivity contribution in [2.24, 2.45) is 5.73 Å². The van der Waals surface area contributed by atoms with Crippen LogP contribution >= 0.6 is 0 Å². The van der Waals surface area contributed by atoms with Gasteiger partial charge in [0.2, 0.25) is 5.91 Å². The van der Waals surface area contributed by atoms with Crippen molar-refractivity contribution in [1.82, 2.24) is 10.2 Å². The molecule has 0 aliphatic rings. The maximum absolute atomic E-state index is 12.2. The Balaban J connectivity index is 1.85. The molecule has 6 heteroatoms. The van der Waals surface area contributed by atoms with E-state index in [1.54, 1.807) is 0 Å². The lowest BCUT2D eigenvalue weighted by molar-refractivity contribution is -0.121. The normalized spacial score (nSPS) is 10.7.